The van der Waals surface area contributed by atoms with Crippen LogP contribution < -0.4 is 9.47 Å². The second-order valence-electron chi connectivity index (χ2n) is 8.57. The van der Waals surface area contributed by atoms with E-state index in [-0.39, 0.29) is 29.5 Å². The number of hydrogen-bond donors (Lipinski definition) is 0. The average molecular weight is 462 g/mol. The van der Waals surface area contributed by atoms with Crippen LogP contribution in [0.3, 0.4) is 0 Å². The van der Waals surface area contributed by atoms with Crippen LogP contribution in [0.15, 0.2) is 29.2 Å². The Hall–Kier alpha value is -2.52. The minimum atomic E-state index is -3.93. The monoisotopic (exact) mass is 461 g/mol. The minimum Gasteiger partial charge on any atom is -0.486 e. The van der Waals surface area contributed by atoms with Gasteiger partial charge in [-0.1, -0.05) is 12.1 Å². The number of carbonyl (C=O) groups excluding carboxylic acids is 1. The highest BCUT2D eigenvalue weighted by Gasteiger charge is 2.36. The van der Waals surface area contributed by atoms with Gasteiger partial charge in [-0.2, -0.15) is 4.31 Å². The zero-order chi connectivity index (χ0) is 23.0. The van der Waals surface area contributed by atoms with E-state index in [2.05, 4.69) is 0 Å². The van der Waals surface area contributed by atoms with Crippen molar-refractivity contribution in [2.75, 3.05) is 33.3 Å². The molecule has 8 nitrogen and oxygen atoms in total. The predicted octanol–water partition coefficient (Wildman–Crippen LogP) is 2.73. The van der Waals surface area contributed by atoms with Crippen LogP contribution >= 0.6 is 0 Å². The maximum Gasteiger partial charge on any atom is 0.257 e. The van der Waals surface area contributed by atoms with E-state index in [0.29, 0.717) is 36.0 Å². The molecule has 32 heavy (non-hydrogen) atoms. The number of nitrogens with zero attached hydrogens (tertiary/aromatic N) is 3. The smallest absolute Gasteiger partial charge is 0.257 e. The molecule has 1 fully saturated rings. The Morgan fingerprint density at radius 3 is 2.44 bits per heavy atom. The summed E-state index contributed by atoms with van der Waals surface area (Å²) in [6, 6.07) is 7.33. The van der Waals surface area contributed by atoms with Crippen molar-refractivity contribution in [1.82, 2.24) is 13.8 Å². The number of benzene rings is 1. The number of rotatable bonds is 5. The molecule has 0 spiro atoms. The SMILES string of the molecule is Cc1c(C(=O)N2CCCCC2)c(S(=O)(=O)N(C)C[C@@H]2COc3ccccc3O2)c(C)n1C. The van der Waals surface area contributed by atoms with Crippen LogP contribution in [0.1, 0.15) is 41.0 Å². The number of sulfonamides is 1. The maximum atomic E-state index is 13.7. The minimum absolute atomic E-state index is 0.0905. The van der Waals surface area contributed by atoms with Gasteiger partial charge in [0.05, 0.1) is 12.1 Å². The molecular weight excluding hydrogens is 430 g/mol. The lowest BCUT2D eigenvalue weighted by Crippen LogP contribution is -2.42. The Morgan fingerprint density at radius 1 is 1.09 bits per heavy atom. The quantitative estimate of drug-likeness (QED) is 0.684. The fourth-order valence-electron chi connectivity index (χ4n) is 4.43. The first-order chi connectivity index (χ1) is 15.2. The molecule has 1 saturated heterocycles. The van der Waals surface area contributed by atoms with Crippen molar-refractivity contribution in [3.8, 4) is 11.5 Å². The maximum absolute atomic E-state index is 13.7. The Bertz CT molecular complexity index is 1120. The Labute approximate surface area is 189 Å². The number of hydrogen-bond acceptors (Lipinski definition) is 5. The predicted molar refractivity (Wildman–Crippen MR) is 121 cm³/mol. The molecule has 1 atom stereocenters. The molecule has 9 heteroatoms. The Balaban J connectivity index is 1.62. The van der Waals surface area contributed by atoms with Crippen molar-refractivity contribution in [2.24, 2.45) is 7.05 Å². The van der Waals surface area contributed by atoms with E-state index in [4.69, 9.17) is 9.47 Å². The number of fused-ring (bicyclic) bond motifs is 1. The van der Waals surface area contributed by atoms with Gasteiger partial charge >= 0.3 is 0 Å². The molecule has 0 bridgehead atoms. The van der Waals surface area contributed by atoms with E-state index in [1.54, 1.807) is 36.4 Å². The van der Waals surface area contributed by atoms with Crippen molar-refractivity contribution < 1.29 is 22.7 Å². The Kier molecular flexibility index (Phi) is 6.22. The molecule has 2 aliphatic heterocycles. The van der Waals surface area contributed by atoms with Gasteiger partial charge in [0.25, 0.3) is 5.91 Å². The van der Waals surface area contributed by atoms with Crippen LogP contribution in [-0.2, 0) is 17.1 Å². The molecule has 1 amide bonds. The van der Waals surface area contributed by atoms with E-state index in [0.717, 1.165) is 19.3 Å². The molecule has 1 aromatic carbocycles. The van der Waals surface area contributed by atoms with Gasteiger partial charge < -0.3 is 18.9 Å². The largest absolute Gasteiger partial charge is 0.486 e. The molecule has 0 unspecified atom stereocenters. The number of ether oxygens (including phenoxy) is 2. The highest BCUT2D eigenvalue weighted by Crippen LogP contribution is 2.33. The first-order valence-electron chi connectivity index (χ1n) is 11.0. The van der Waals surface area contributed by atoms with Gasteiger partial charge in [-0.15, -0.1) is 0 Å². The number of amides is 1. The van der Waals surface area contributed by atoms with E-state index >= 15 is 0 Å². The summed E-state index contributed by atoms with van der Waals surface area (Å²) in [4.78, 5) is 15.3. The van der Waals surface area contributed by atoms with Gasteiger partial charge in [-0.25, -0.2) is 8.42 Å². The second-order valence-corrected chi connectivity index (χ2v) is 10.6. The fourth-order valence-corrected chi connectivity index (χ4v) is 6.11. The fraction of sp³-hybridized carbons (Fsp3) is 0.522. The van der Waals surface area contributed by atoms with Crippen LogP contribution in [0.2, 0.25) is 0 Å². The second kappa shape index (κ2) is 8.78. The lowest BCUT2D eigenvalue weighted by molar-refractivity contribution is 0.0719. The highest BCUT2D eigenvalue weighted by molar-refractivity contribution is 7.89. The number of piperidine rings is 1. The summed E-state index contributed by atoms with van der Waals surface area (Å²) >= 11 is 0. The number of likely N-dealkylation sites (N-methyl/N-ethyl adjacent to an activating group) is 1. The molecule has 0 aliphatic carbocycles. The van der Waals surface area contributed by atoms with Crippen molar-refractivity contribution in [3.05, 3.63) is 41.2 Å². The third kappa shape index (κ3) is 3.99. The molecule has 174 valence electrons. The number of para-hydroxylation sites is 2. The number of likely N-dealkylation sites (tertiary alicyclic amines) is 1. The molecule has 2 aliphatic rings. The molecule has 0 N–H and O–H groups in total. The van der Waals surface area contributed by atoms with E-state index in [1.807, 2.05) is 18.2 Å². The van der Waals surface area contributed by atoms with Crippen LogP contribution in [0.5, 0.6) is 11.5 Å². The summed E-state index contributed by atoms with van der Waals surface area (Å²) in [5.74, 6) is 1.05. The third-order valence-corrected chi connectivity index (χ3v) is 8.46. The molecule has 0 radical (unpaired) electrons. The highest BCUT2D eigenvalue weighted by atomic mass is 32.2. The molecule has 4 rings (SSSR count). The molecule has 2 aromatic rings. The van der Waals surface area contributed by atoms with Gasteiger partial charge in [0, 0.05) is 38.6 Å². The number of carbonyl (C=O) groups is 1. The van der Waals surface area contributed by atoms with Crippen LogP contribution in [-0.4, -0.2) is 67.5 Å². The van der Waals surface area contributed by atoms with Crippen LogP contribution in [0.25, 0.3) is 0 Å². The zero-order valence-electron chi connectivity index (χ0n) is 19.1. The topological polar surface area (TPSA) is 81.1 Å². The van der Waals surface area contributed by atoms with E-state index in [1.165, 1.54) is 11.4 Å². The van der Waals surface area contributed by atoms with Gasteiger partial charge in [-0.05, 0) is 45.2 Å². The van der Waals surface area contributed by atoms with Crippen LogP contribution in [0, 0.1) is 13.8 Å². The lowest BCUT2D eigenvalue weighted by atomic mass is 10.1. The summed E-state index contributed by atoms with van der Waals surface area (Å²) in [6.07, 6.45) is 2.53. The lowest BCUT2D eigenvalue weighted by Gasteiger charge is -2.30. The molecule has 0 saturated carbocycles. The van der Waals surface area contributed by atoms with Gasteiger partial charge in [0.15, 0.2) is 11.5 Å². The summed E-state index contributed by atoms with van der Waals surface area (Å²) in [7, 11) is -0.612. The summed E-state index contributed by atoms with van der Waals surface area (Å²) < 4.78 is 42.1. The van der Waals surface area contributed by atoms with Gasteiger partial charge in [-0.3, -0.25) is 4.79 Å². The summed E-state index contributed by atoms with van der Waals surface area (Å²) in [6.45, 7) is 5.24. The standard InChI is InChI=1S/C23H31N3O5S/c1-16-21(23(27)26-12-8-5-9-13-26)22(17(2)25(16)4)32(28,29)24(3)14-18-15-30-19-10-6-7-11-20(19)31-18/h6-7,10-11,18H,5,8-9,12-15H2,1-4H3/t18-/m1/s1. The van der Waals surface area contributed by atoms with E-state index < -0.39 is 16.1 Å². The van der Waals surface area contributed by atoms with Crippen LogP contribution in [0.4, 0.5) is 0 Å². The van der Waals surface area contributed by atoms with Crippen molar-refractivity contribution in [3.63, 3.8) is 0 Å². The summed E-state index contributed by atoms with van der Waals surface area (Å²) in [5.41, 5.74) is 1.50. The molecular formula is C23H31N3O5S. The normalized spacial score (nSPS) is 18.8. The Morgan fingerprint density at radius 2 is 1.75 bits per heavy atom. The van der Waals surface area contributed by atoms with Crippen molar-refractivity contribution in [2.45, 2.75) is 44.1 Å². The summed E-state index contributed by atoms with van der Waals surface area (Å²) in [5, 5.41) is 0. The molecule has 3 heterocycles. The zero-order valence-corrected chi connectivity index (χ0v) is 19.9. The van der Waals surface area contributed by atoms with Gasteiger partial charge in [0.2, 0.25) is 10.0 Å². The van der Waals surface area contributed by atoms with Crippen molar-refractivity contribution in [1.29, 1.82) is 0 Å². The third-order valence-electron chi connectivity index (χ3n) is 6.48. The van der Waals surface area contributed by atoms with Crippen molar-refractivity contribution >= 4 is 15.9 Å². The first kappa shape index (κ1) is 22.7. The molecule has 1 aromatic heterocycles. The van der Waals surface area contributed by atoms with Gasteiger partial charge in [0.1, 0.15) is 17.6 Å². The first-order valence-corrected chi connectivity index (χ1v) is 12.5. The number of aromatic nitrogens is 1. The van der Waals surface area contributed by atoms with E-state index in [9.17, 15) is 13.2 Å². The average Bonchev–Trinajstić information content (AvgIpc) is 3.03.